The van der Waals surface area contributed by atoms with Crippen LogP contribution in [0.5, 0.6) is 5.75 Å². The van der Waals surface area contributed by atoms with E-state index in [2.05, 4.69) is 4.98 Å². The Hall–Kier alpha value is -1.94. The summed E-state index contributed by atoms with van der Waals surface area (Å²) in [5.41, 5.74) is -0.188. The number of benzene rings is 1. The van der Waals surface area contributed by atoms with Crippen LogP contribution in [0.25, 0.3) is 0 Å². The van der Waals surface area contributed by atoms with E-state index in [1.807, 2.05) is 6.92 Å². The molecule has 1 N–H and O–H groups in total. The van der Waals surface area contributed by atoms with Crippen LogP contribution >= 0.6 is 0 Å². The minimum atomic E-state index is -1.27. The SMILES string of the molecule is CCOc1ccc(C(C)(O)c2ccc(F)cn2)cc1. The molecule has 0 radical (unpaired) electrons. The maximum atomic E-state index is 12.9. The third-order valence-electron chi connectivity index (χ3n) is 2.95. The number of aliphatic hydroxyl groups is 1. The molecule has 4 heteroatoms. The van der Waals surface area contributed by atoms with Crippen LogP contribution in [0.1, 0.15) is 25.1 Å². The van der Waals surface area contributed by atoms with Crippen LogP contribution in [0.15, 0.2) is 42.6 Å². The fraction of sp³-hybridized carbons (Fsp3) is 0.267. The number of nitrogens with zero attached hydrogens (tertiary/aromatic N) is 1. The highest BCUT2D eigenvalue weighted by Gasteiger charge is 2.27. The molecule has 0 saturated heterocycles. The normalized spacial score (nSPS) is 13.9. The summed E-state index contributed by atoms with van der Waals surface area (Å²) in [6, 6.07) is 9.89. The average Bonchev–Trinajstić information content (AvgIpc) is 2.40. The maximum Gasteiger partial charge on any atom is 0.141 e. The molecule has 1 aromatic carbocycles. The molecule has 0 aliphatic heterocycles. The molecule has 1 heterocycles. The lowest BCUT2D eigenvalue weighted by Gasteiger charge is -2.23. The molecule has 100 valence electrons. The topological polar surface area (TPSA) is 42.4 Å². The first kappa shape index (κ1) is 13.5. The van der Waals surface area contributed by atoms with E-state index in [0.29, 0.717) is 17.9 Å². The van der Waals surface area contributed by atoms with Crippen molar-refractivity contribution in [1.82, 2.24) is 4.98 Å². The van der Waals surface area contributed by atoms with E-state index in [9.17, 15) is 9.50 Å². The first-order chi connectivity index (χ1) is 9.04. The summed E-state index contributed by atoms with van der Waals surface area (Å²) >= 11 is 0. The molecule has 0 bridgehead atoms. The highest BCUT2D eigenvalue weighted by atomic mass is 19.1. The van der Waals surface area contributed by atoms with Crippen molar-refractivity contribution in [1.29, 1.82) is 0 Å². The fourth-order valence-corrected chi connectivity index (χ4v) is 1.85. The highest BCUT2D eigenvalue weighted by molar-refractivity contribution is 5.35. The summed E-state index contributed by atoms with van der Waals surface area (Å²) in [4.78, 5) is 3.93. The zero-order valence-corrected chi connectivity index (χ0v) is 10.9. The van der Waals surface area contributed by atoms with Gasteiger partial charge in [-0.1, -0.05) is 12.1 Å². The van der Waals surface area contributed by atoms with E-state index < -0.39 is 11.4 Å². The fourth-order valence-electron chi connectivity index (χ4n) is 1.85. The molecule has 3 nitrogen and oxygen atoms in total. The number of hydrogen-bond acceptors (Lipinski definition) is 3. The van der Waals surface area contributed by atoms with Gasteiger partial charge in [-0.05, 0) is 43.7 Å². The van der Waals surface area contributed by atoms with Gasteiger partial charge in [-0.15, -0.1) is 0 Å². The molecule has 0 amide bonds. The van der Waals surface area contributed by atoms with Crippen molar-refractivity contribution in [2.24, 2.45) is 0 Å². The molecule has 19 heavy (non-hydrogen) atoms. The van der Waals surface area contributed by atoms with Gasteiger partial charge in [0.25, 0.3) is 0 Å². The third kappa shape index (κ3) is 2.90. The number of halogens is 1. The Bertz CT molecular complexity index is 535. The lowest BCUT2D eigenvalue weighted by atomic mass is 9.92. The zero-order chi connectivity index (χ0) is 13.9. The third-order valence-corrected chi connectivity index (χ3v) is 2.95. The van der Waals surface area contributed by atoms with E-state index in [-0.39, 0.29) is 0 Å². The largest absolute Gasteiger partial charge is 0.494 e. The Balaban J connectivity index is 2.30. The number of hydrogen-bond donors (Lipinski definition) is 1. The Labute approximate surface area is 111 Å². The van der Waals surface area contributed by atoms with Crippen molar-refractivity contribution in [3.05, 3.63) is 59.7 Å². The highest BCUT2D eigenvalue weighted by Crippen LogP contribution is 2.28. The van der Waals surface area contributed by atoms with Crippen molar-refractivity contribution >= 4 is 0 Å². The van der Waals surface area contributed by atoms with E-state index in [4.69, 9.17) is 4.74 Å². The Morgan fingerprint density at radius 2 is 1.89 bits per heavy atom. The van der Waals surface area contributed by atoms with Gasteiger partial charge in [0.2, 0.25) is 0 Å². The van der Waals surface area contributed by atoms with Crippen LogP contribution in [0.4, 0.5) is 4.39 Å². The van der Waals surface area contributed by atoms with Gasteiger partial charge < -0.3 is 9.84 Å². The van der Waals surface area contributed by atoms with Crippen molar-refractivity contribution in [3.8, 4) is 5.75 Å². The summed E-state index contributed by atoms with van der Waals surface area (Å²) in [5, 5.41) is 10.5. The molecular weight excluding hydrogens is 245 g/mol. The zero-order valence-electron chi connectivity index (χ0n) is 10.9. The van der Waals surface area contributed by atoms with Gasteiger partial charge in [0.05, 0.1) is 18.5 Å². The molecule has 1 aromatic heterocycles. The lowest BCUT2D eigenvalue weighted by molar-refractivity contribution is 0.0972. The van der Waals surface area contributed by atoms with Crippen molar-refractivity contribution in [2.45, 2.75) is 19.4 Å². The first-order valence-electron chi connectivity index (χ1n) is 6.12. The summed E-state index contributed by atoms with van der Waals surface area (Å²) in [7, 11) is 0. The molecule has 2 aromatic rings. The van der Waals surface area contributed by atoms with Gasteiger partial charge in [0, 0.05) is 0 Å². The minimum Gasteiger partial charge on any atom is -0.494 e. The second-order valence-electron chi connectivity index (χ2n) is 4.39. The molecule has 0 saturated carbocycles. The summed E-state index contributed by atoms with van der Waals surface area (Å²) in [6.45, 7) is 4.13. The molecule has 0 aliphatic carbocycles. The van der Waals surface area contributed by atoms with Crippen molar-refractivity contribution in [2.75, 3.05) is 6.61 Å². The minimum absolute atomic E-state index is 0.401. The molecule has 1 atom stereocenters. The van der Waals surface area contributed by atoms with Gasteiger partial charge in [-0.25, -0.2) is 4.39 Å². The number of rotatable bonds is 4. The Kier molecular flexibility index (Phi) is 3.81. The van der Waals surface area contributed by atoms with Gasteiger partial charge in [-0.2, -0.15) is 0 Å². The van der Waals surface area contributed by atoms with Crippen LogP contribution in [0.2, 0.25) is 0 Å². The van der Waals surface area contributed by atoms with E-state index in [1.165, 1.54) is 12.1 Å². The van der Waals surface area contributed by atoms with Gasteiger partial charge in [-0.3, -0.25) is 4.98 Å². The number of ether oxygens (including phenoxy) is 1. The second-order valence-corrected chi connectivity index (χ2v) is 4.39. The Morgan fingerprint density at radius 1 is 1.21 bits per heavy atom. The van der Waals surface area contributed by atoms with E-state index in [1.54, 1.807) is 31.2 Å². The first-order valence-corrected chi connectivity index (χ1v) is 6.12. The predicted octanol–water partition coefficient (Wildman–Crippen LogP) is 2.88. The molecule has 0 fully saturated rings. The molecule has 2 rings (SSSR count). The number of aromatic nitrogens is 1. The van der Waals surface area contributed by atoms with Gasteiger partial charge in [0.1, 0.15) is 17.2 Å². The van der Waals surface area contributed by atoms with E-state index in [0.717, 1.165) is 11.9 Å². The van der Waals surface area contributed by atoms with E-state index >= 15 is 0 Å². The molecule has 0 spiro atoms. The predicted molar refractivity (Wildman–Crippen MR) is 70.5 cm³/mol. The van der Waals surface area contributed by atoms with Crippen LogP contribution in [-0.2, 0) is 5.60 Å². The van der Waals surface area contributed by atoms with Gasteiger partial charge in [0.15, 0.2) is 0 Å². The summed E-state index contributed by atoms with van der Waals surface area (Å²) < 4.78 is 18.2. The maximum absolute atomic E-state index is 12.9. The van der Waals surface area contributed by atoms with Crippen LogP contribution < -0.4 is 4.74 Å². The van der Waals surface area contributed by atoms with Crippen LogP contribution in [-0.4, -0.2) is 16.7 Å². The Morgan fingerprint density at radius 3 is 2.42 bits per heavy atom. The smallest absolute Gasteiger partial charge is 0.141 e. The van der Waals surface area contributed by atoms with Crippen molar-refractivity contribution < 1.29 is 14.2 Å². The second kappa shape index (κ2) is 5.36. The summed E-state index contributed by atoms with van der Waals surface area (Å²) in [5.74, 6) is 0.320. The molecule has 1 unspecified atom stereocenters. The molecular formula is C15H16FNO2. The molecule has 0 aliphatic rings. The monoisotopic (exact) mass is 261 g/mol. The van der Waals surface area contributed by atoms with Crippen molar-refractivity contribution in [3.63, 3.8) is 0 Å². The summed E-state index contributed by atoms with van der Waals surface area (Å²) in [6.07, 6.45) is 1.10. The lowest BCUT2D eigenvalue weighted by Crippen LogP contribution is -2.24. The van der Waals surface area contributed by atoms with Crippen LogP contribution in [0.3, 0.4) is 0 Å². The standard InChI is InChI=1S/C15H16FNO2/c1-3-19-13-7-4-11(5-8-13)15(2,18)14-9-6-12(16)10-17-14/h4-10,18H,3H2,1-2H3. The number of pyridine rings is 1. The van der Waals surface area contributed by atoms with Gasteiger partial charge >= 0.3 is 0 Å². The quantitative estimate of drug-likeness (QED) is 0.920. The van der Waals surface area contributed by atoms with Crippen LogP contribution in [0, 0.1) is 5.82 Å². The average molecular weight is 261 g/mol.